The molecule has 0 saturated heterocycles. The van der Waals surface area contributed by atoms with Crippen molar-refractivity contribution in [1.29, 1.82) is 0 Å². The summed E-state index contributed by atoms with van der Waals surface area (Å²) in [5.74, 6) is -2.23. The quantitative estimate of drug-likeness (QED) is 0.839. The van der Waals surface area contributed by atoms with E-state index in [0.717, 1.165) is 6.07 Å². The van der Waals surface area contributed by atoms with Crippen LogP contribution in [-0.2, 0) is 16.6 Å². The Bertz CT molecular complexity index is 743. The second-order valence-electron chi connectivity index (χ2n) is 3.99. The molecule has 1 aromatic carbocycles. The summed E-state index contributed by atoms with van der Waals surface area (Å²) in [5.41, 5.74) is 4.98. The minimum Gasteiger partial charge on any atom is -0.396 e. The Morgan fingerprint density at radius 3 is 2.65 bits per heavy atom. The summed E-state index contributed by atoms with van der Waals surface area (Å²) in [7, 11) is -4.20. The number of nitrogens with one attached hydrogen (secondary N) is 1. The fourth-order valence-corrected chi connectivity index (χ4v) is 2.67. The Kier molecular flexibility index (Phi) is 3.62. The predicted octanol–water partition coefficient (Wildman–Crippen LogP) is 1.56. The number of rotatable bonds is 4. The Morgan fingerprint density at radius 2 is 2.05 bits per heavy atom. The third-order valence-corrected chi connectivity index (χ3v) is 3.95. The number of benzene rings is 1. The van der Waals surface area contributed by atoms with Crippen LogP contribution in [0.25, 0.3) is 0 Å². The van der Waals surface area contributed by atoms with Crippen LogP contribution in [-0.4, -0.2) is 18.2 Å². The first-order valence-corrected chi connectivity index (χ1v) is 7.11. The lowest BCUT2D eigenvalue weighted by Crippen LogP contribution is -2.15. The zero-order valence-corrected chi connectivity index (χ0v) is 11.3. The largest absolute Gasteiger partial charge is 0.396 e. The summed E-state index contributed by atoms with van der Waals surface area (Å²) in [4.78, 5) is -0.722. The molecule has 108 valence electrons. The maximum Gasteiger partial charge on any atom is 0.264 e. The van der Waals surface area contributed by atoms with Gasteiger partial charge in [0, 0.05) is 18.8 Å². The molecule has 0 spiro atoms. The SMILES string of the molecule is CCn1cc(NS(=O)(=O)c2cc(N)c(F)cc2F)cn1. The van der Waals surface area contributed by atoms with Crippen LogP contribution in [0.4, 0.5) is 20.2 Å². The number of anilines is 2. The molecule has 0 aliphatic heterocycles. The van der Waals surface area contributed by atoms with E-state index in [1.807, 2.05) is 6.92 Å². The molecule has 0 saturated carbocycles. The van der Waals surface area contributed by atoms with Gasteiger partial charge >= 0.3 is 0 Å². The van der Waals surface area contributed by atoms with Gasteiger partial charge in [0.2, 0.25) is 0 Å². The first kappa shape index (κ1) is 14.3. The van der Waals surface area contributed by atoms with Crippen molar-refractivity contribution in [2.75, 3.05) is 10.5 Å². The van der Waals surface area contributed by atoms with Gasteiger partial charge in [-0.05, 0) is 13.0 Å². The molecular formula is C11H12F2N4O2S. The van der Waals surface area contributed by atoms with Crippen LogP contribution in [0.15, 0.2) is 29.4 Å². The van der Waals surface area contributed by atoms with Crippen molar-refractivity contribution in [3.05, 3.63) is 36.2 Å². The molecule has 0 atom stereocenters. The van der Waals surface area contributed by atoms with Crippen molar-refractivity contribution in [2.24, 2.45) is 0 Å². The van der Waals surface area contributed by atoms with Gasteiger partial charge in [0.25, 0.3) is 10.0 Å². The third kappa shape index (κ3) is 2.72. The molecule has 0 aliphatic carbocycles. The Hall–Kier alpha value is -2.16. The number of sulfonamides is 1. The van der Waals surface area contributed by atoms with Gasteiger partial charge in [0.05, 0.1) is 17.6 Å². The third-order valence-electron chi connectivity index (χ3n) is 2.55. The highest BCUT2D eigenvalue weighted by Gasteiger charge is 2.22. The number of hydrogen-bond donors (Lipinski definition) is 2. The lowest BCUT2D eigenvalue weighted by molar-refractivity contribution is 0.553. The molecule has 0 fully saturated rings. The maximum atomic E-state index is 13.6. The number of hydrogen-bond acceptors (Lipinski definition) is 4. The van der Waals surface area contributed by atoms with E-state index in [-0.39, 0.29) is 5.69 Å². The highest BCUT2D eigenvalue weighted by molar-refractivity contribution is 7.92. The molecule has 0 unspecified atom stereocenters. The van der Waals surface area contributed by atoms with Crippen molar-refractivity contribution < 1.29 is 17.2 Å². The van der Waals surface area contributed by atoms with Gasteiger partial charge in [-0.25, -0.2) is 17.2 Å². The zero-order chi connectivity index (χ0) is 14.9. The van der Waals surface area contributed by atoms with Crippen molar-refractivity contribution in [1.82, 2.24) is 9.78 Å². The fourth-order valence-electron chi connectivity index (χ4n) is 1.55. The Balaban J connectivity index is 2.37. The topological polar surface area (TPSA) is 90.0 Å². The summed E-state index contributed by atoms with van der Waals surface area (Å²) in [5, 5.41) is 3.88. The number of nitrogen functional groups attached to an aromatic ring is 1. The lowest BCUT2D eigenvalue weighted by atomic mass is 10.3. The first-order chi connectivity index (χ1) is 9.33. The van der Waals surface area contributed by atoms with E-state index in [9.17, 15) is 17.2 Å². The van der Waals surface area contributed by atoms with Gasteiger partial charge in [0.1, 0.15) is 16.5 Å². The second kappa shape index (κ2) is 5.08. The molecule has 20 heavy (non-hydrogen) atoms. The van der Waals surface area contributed by atoms with Gasteiger partial charge in [-0.2, -0.15) is 5.10 Å². The Morgan fingerprint density at radius 1 is 1.35 bits per heavy atom. The van der Waals surface area contributed by atoms with E-state index in [4.69, 9.17) is 5.73 Å². The van der Waals surface area contributed by atoms with E-state index < -0.39 is 32.2 Å². The summed E-state index contributed by atoms with van der Waals surface area (Å²) in [6, 6.07) is 1.16. The smallest absolute Gasteiger partial charge is 0.264 e. The minimum atomic E-state index is -4.20. The molecule has 0 amide bonds. The van der Waals surface area contributed by atoms with Crippen molar-refractivity contribution in [3.8, 4) is 0 Å². The molecule has 2 aromatic rings. The molecule has 3 N–H and O–H groups in total. The molecule has 2 rings (SSSR count). The van der Waals surface area contributed by atoms with Crippen LogP contribution < -0.4 is 10.5 Å². The Labute approximate surface area is 114 Å². The van der Waals surface area contributed by atoms with Crippen molar-refractivity contribution in [3.63, 3.8) is 0 Å². The van der Waals surface area contributed by atoms with Gasteiger partial charge in [-0.3, -0.25) is 9.40 Å². The van der Waals surface area contributed by atoms with Crippen LogP contribution >= 0.6 is 0 Å². The zero-order valence-electron chi connectivity index (χ0n) is 10.5. The summed E-state index contributed by atoms with van der Waals surface area (Å²) in [6.07, 6.45) is 2.73. The van der Waals surface area contributed by atoms with E-state index in [1.165, 1.54) is 17.1 Å². The van der Waals surface area contributed by atoms with Crippen LogP contribution in [0.5, 0.6) is 0 Å². The van der Waals surface area contributed by atoms with Gasteiger partial charge in [-0.1, -0.05) is 0 Å². The standard InChI is InChI=1S/C11H12F2N4O2S/c1-2-17-6-7(5-15-17)16-20(18,19)11-4-10(14)8(12)3-9(11)13/h3-6,16H,2,14H2,1H3. The fraction of sp³-hybridized carbons (Fsp3) is 0.182. The summed E-state index contributed by atoms with van der Waals surface area (Å²) >= 11 is 0. The molecule has 1 heterocycles. The van der Waals surface area contributed by atoms with Gasteiger partial charge in [-0.15, -0.1) is 0 Å². The van der Waals surface area contributed by atoms with Gasteiger partial charge < -0.3 is 5.73 Å². The second-order valence-corrected chi connectivity index (χ2v) is 5.65. The van der Waals surface area contributed by atoms with E-state index in [2.05, 4.69) is 9.82 Å². The lowest BCUT2D eigenvalue weighted by Gasteiger charge is -2.08. The molecule has 0 bridgehead atoms. The van der Waals surface area contributed by atoms with E-state index >= 15 is 0 Å². The highest BCUT2D eigenvalue weighted by atomic mass is 32.2. The molecular weight excluding hydrogens is 290 g/mol. The molecule has 0 aliphatic rings. The van der Waals surface area contributed by atoms with Gasteiger partial charge in [0.15, 0.2) is 0 Å². The minimum absolute atomic E-state index is 0.175. The van der Waals surface area contributed by atoms with Crippen LogP contribution in [0.1, 0.15) is 6.92 Å². The van der Waals surface area contributed by atoms with Crippen LogP contribution in [0.3, 0.4) is 0 Å². The van der Waals surface area contributed by atoms with Crippen molar-refractivity contribution >= 4 is 21.4 Å². The monoisotopic (exact) mass is 302 g/mol. The number of aromatic nitrogens is 2. The summed E-state index contributed by atoms with van der Waals surface area (Å²) < 4.78 is 54.3. The van der Waals surface area contributed by atoms with Crippen LogP contribution in [0.2, 0.25) is 0 Å². The number of aryl methyl sites for hydroxylation is 1. The van der Waals surface area contributed by atoms with E-state index in [1.54, 1.807) is 0 Å². The highest BCUT2D eigenvalue weighted by Crippen LogP contribution is 2.23. The summed E-state index contributed by atoms with van der Waals surface area (Å²) in [6.45, 7) is 2.38. The average molecular weight is 302 g/mol. The number of nitrogens with zero attached hydrogens (tertiary/aromatic N) is 2. The van der Waals surface area contributed by atoms with Crippen molar-refractivity contribution in [2.45, 2.75) is 18.4 Å². The average Bonchev–Trinajstić information content (AvgIpc) is 2.80. The molecule has 9 heteroatoms. The van der Waals surface area contributed by atoms with Crippen LogP contribution in [0, 0.1) is 11.6 Å². The normalized spacial score (nSPS) is 11.6. The maximum absolute atomic E-state index is 13.6. The van der Waals surface area contributed by atoms with E-state index in [0.29, 0.717) is 12.6 Å². The molecule has 6 nitrogen and oxygen atoms in total. The number of halogens is 2. The molecule has 1 aromatic heterocycles. The number of nitrogens with two attached hydrogens (primary N) is 1. The first-order valence-electron chi connectivity index (χ1n) is 5.63. The molecule has 0 radical (unpaired) electrons. The predicted molar refractivity (Wildman–Crippen MR) is 69.5 cm³/mol.